The van der Waals surface area contributed by atoms with Crippen LogP contribution in [0.5, 0.6) is 0 Å². The number of hydrazone groups is 1. The first-order valence-electron chi connectivity index (χ1n) is 8.59. The van der Waals surface area contributed by atoms with Gasteiger partial charge in [0.1, 0.15) is 5.60 Å². The lowest BCUT2D eigenvalue weighted by atomic mass is 10.1. The predicted molar refractivity (Wildman–Crippen MR) is 101 cm³/mol. The van der Waals surface area contributed by atoms with Gasteiger partial charge in [0.15, 0.2) is 0 Å². The number of carbonyl (C=O) groups excluding carboxylic acids is 1. The van der Waals surface area contributed by atoms with E-state index in [-0.39, 0.29) is 11.0 Å². The molecule has 0 atom stereocenters. The number of nitrogens with zero attached hydrogens (tertiary/aromatic N) is 4. The molecule has 1 aliphatic rings. The molecule has 1 amide bonds. The van der Waals surface area contributed by atoms with Gasteiger partial charge in [0.05, 0.1) is 4.90 Å². The van der Waals surface area contributed by atoms with Crippen molar-refractivity contribution in [2.24, 2.45) is 14.8 Å². The highest BCUT2D eigenvalue weighted by molar-refractivity contribution is 7.90. The van der Waals surface area contributed by atoms with E-state index in [0.29, 0.717) is 25.9 Å². The standard InChI is InChI=1S/C17H25N5O4S/c1-13-5-7-15(8-6-13)27(24,25)21-20-19-18-14-9-11-22(12-10-14)16(23)26-17(2,3)4/h5-8H,9-12H2,1-4H3,(H,19,21). The van der Waals surface area contributed by atoms with Crippen LogP contribution < -0.4 is 5.53 Å². The number of likely N-dealkylation sites (tertiary alicyclic amines) is 1. The minimum absolute atomic E-state index is 0.0666. The number of hydrogen-bond acceptors (Lipinski definition) is 6. The van der Waals surface area contributed by atoms with Crippen LogP contribution in [0.25, 0.3) is 0 Å². The van der Waals surface area contributed by atoms with Crippen molar-refractivity contribution < 1.29 is 17.9 Å². The van der Waals surface area contributed by atoms with Gasteiger partial charge in [0.2, 0.25) is 0 Å². The Labute approximate surface area is 159 Å². The van der Waals surface area contributed by atoms with E-state index in [1.54, 1.807) is 17.0 Å². The number of amides is 1. The second-order valence-electron chi connectivity index (χ2n) is 7.22. The van der Waals surface area contributed by atoms with Gasteiger partial charge in [-0.15, -0.1) is 0 Å². The van der Waals surface area contributed by atoms with Crippen LogP contribution in [-0.2, 0) is 14.8 Å². The van der Waals surface area contributed by atoms with Gasteiger partial charge in [0.25, 0.3) is 0 Å². The zero-order valence-corrected chi connectivity index (χ0v) is 16.8. The molecule has 1 aromatic rings. The Morgan fingerprint density at radius 1 is 1.15 bits per heavy atom. The summed E-state index contributed by atoms with van der Waals surface area (Å²) in [5.74, 6) is 0. The van der Waals surface area contributed by atoms with Crippen molar-refractivity contribution in [3.05, 3.63) is 29.8 Å². The van der Waals surface area contributed by atoms with E-state index in [0.717, 1.165) is 11.3 Å². The van der Waals surface area contributed by atoms with Crippen molar-refractivity contribution >= 4 is 21.8 Å². The van der Waals surface area contributed by atoms with E-state index >= 15 is 0 Å². The molecule has 1 saturated heterocycles. The highest BCUT2D eigenvalue weighted by Crippen LogP contribution is 2.15. The molecule has 27 heavy (non-hydrogen) atoms. The predicted octanol–water partition coefficient (Wildman–Crippen LogP) is 3.03. The molecule has 10 heteroatoms. The zero-order chi connectivity index (χ0) is 20.1. The first-order valence-corrected chi connectivity index (χ1v) is 10.0. The van der Waals surface area contributed by atoms with E-state index < -0.39 is 15.6 Å². The van der Waals surface area contributed by atoms with Crippen molar-refractivity contribution in [3.63, 3.8) is 0 Å². The summed E-state index contributed by atoms with van der Waals surface area (Å²) < 4.78 is 32.7. The first-order chi connectivity index (χ1) is 12.6. The van der Waals surface area contributed by atoms with Crippen molar-refractivity contribution in [1.82, 2.24) is 10.4 Å². The minimum atomic E-state index is -3.86. The number of sulfonamides is 1. The molecule has 0 aliphatic carbocycles. The fourth-order valence-electron chi connectivity index (χ4n) is 2.31. The van der Waals surface area contributed by atoms with Crippen LogP contribution in [0.1, 0.15) is 39.2 Å². The molecule has 1 fully saturated rings. The van der Waals surface area contributed by atoms with Crippen LogP contribution in [0.2, 0.25) is 0 Å². The molecule has 0 bridgehead atoms. The van der Waals surface area contributed by atoms with Gasteiger partial charge in [-0.25, -0.2) is 4.79 Å². The van der Waals surface area contributed by atoms with Crippen LogP contribution in [-0.4, -0.2) is 43.8 Å². The Hall–Kier alpha value is -2.49. The lowest BCUT2D eigenvalue weighted by Crippen LogP contribution is -2.42. The number of ether oxygens (including phenoxy) is 1. The molecule has 1 aromatic carbocycles. The zero-order valence-electron chi connectivity index (χ0n) is 16.0. The number of carbonyl (C=O) groups is 1. The number of benzene rings is 1. The SMILES string of the molecule is Cc1ccc(S(=O)(=O)/N=N/NN=C2CCN(C(=O)OC(C)(C)C)CC2)cc1. The lowest BCUT2D eigenvalue weighted by Gasteiger charge is -2.30. The van der Waals surface area contributed by atoms with Crippen molar-refractivity contribution in [3.8, 4) is 0 Å². The summed E-state index contributed by atoms with van der Waals surface area (Å²) in [5.41, 5.74) is 3.51. The Kier molecular flexibility index (Phi) is 6.53. The molecule has 2 rings (SSSR count). The van der Waals surface area contributed by atoms with Crippen LogP contribution in [0, 0.1) is 6.92 Å². The molecular formula is C17H25N5O4S. The summed E-state index contributed by atoms with van der Waals surface area (Å²) in [5, 5.41) is 7.46. The molecule has 1 heterocycles. The molecule has 0 radical (unpaired) electrons. The topological polar surface area (TPSA) is 113 Å². The highest BCUT2D eigenvalue weighted by Gasteiger charge is 2.25. The molecule has 0 aromatic heterocycles. The summed E-state index contributed by atoms with van der Waals surface area (Å²) in [7, 11) is -3.86. The largest absolute Gasteiger partial charge is 0.444 e. The fraction of sp³-hybridized carbons (Fsp3) is 0.529. The van der Waals surface area contributed by atoms with Gasteiger partial charge in [-0.2, -0.15) is 19.1 Å². The summed E-state index contributed by atoms with van der Waals surface area (Å²) in [6, 6.07) is 6.33. The third-order valence-electron chi connectivity index (χ3n) is 3.71. The lowest BCUT2D eigenvalue weighted by molar-refractivity contribution is 0.0249. The Balaban J connectivity index is 1.85. The maximum Gasteiger partial charge on any atom is 0.410 e. The van der Waals surface area contributed by atoms with Crippen LogP contribution >= 0.6 is 0 Å². The number of rotatable bonds is 4. The maximum atomic E-state index is 12.0. The maximum absolute atomic E-state index is 12.0. The Morgan fingerprint density at radius 3 is 2.30 bits per heavy atom. The fourth-order valence-corrected chi connectivity index (χ4v) is 3.03. The average Bonchev–Trinajstić information content (AvgIpc) is 2.58. The summed E-state index contributed by atoms with van der Waals surface area (Å²) >= 11 is 0. The van der Waals surface area contributed by atoms with Gasteiger partial charge in [0, 0.05) is 31.6 Å². The van der Waals surface area contributed by atoms with E-state index in [2.05, 4.69) is 20.4 Å². The van der Waals surface area contributed by atoms with Gasteiger partial charge in [-0.3, -0.25) is 0 Å². The molecule has 0 unspecified atom stereocenters. The Morgan fingerprint density at radius 2 is 1.74 bits per heavy atom. The molecule has 0 saturated carbocycles. The minimum Gasteiger partial charge on any atom is -0.444 e. The number of aryl methyl sites for hydroxylation is 1. The smallest absolute Gasteiger partial charge is 0.410 e. The second-order valence-corrected chi connectivity index (χ2v) is 8.80. The van der Waals surface area contributed by atoms with E-state index in [1.165, 1.54) is 12.1 Å². The summed E-state index contributed by atoms with van der Waals surface area (Å²) in [4.78, 5) is 13.7. The molecule has 1 N–H and O–H groups in total. The number of piperidine rings is 1. The van der Waals surface area contributed by atoms with Gasteiger partial charge in [-0.05, 0) is 49.6 Å². The molecule has 0 spiro atoms. The number of nitrogens with one attached hydrogen (secondary N) is 1. The van der Waals surface area contributed by atoms with E-state index in [9.17, 15) is 13.2 Å². The summed E-state index contributed by atoms with van der Waals surface area (Å²) in [6.45, 7) is 8.29. The quantitative estimate of drug-likeness (QED) is 0.622. The summed E-state index contributed by atoms with van der Waals surface area (Å²) in [6.07, 6.45) is 0.747. The third kappa shape index (κ3) is 6.63. The van der Waals surface area contributed by atoms with Gasteiger partial charge in [-0.1, -0.05) is 17.7 Å². The third-order valence-corrected chi connectivity index (χ3v) is 4.88. The van der Waals surface area contributed by atoms with E-state index in [1.807, 2.05) is 27.7 Å². The normalized spacial score (nSPS) is 15.7. The van der Waals surface area contributed by atoms with Crippen molar-refractivity contribution in [2.75, 3.05) is 13.1 Å². The number of hydrogen-bond donors (Lipinski definition) is 1. The highest BCUT2D eigenvalue weighted by atomic mass is 32.2. The van der Waals surface area contributed by atoms with Crippen LogP contribution in [0.4, 0.5) is 4.79 Å². The van der Waals surface area contributed by atoms with Crippen LogP contribution in [0.15, 0.2) is 44.0 Å². The molecule has 9 nitrogen and oxygen atoms in total. The molecular weight excluding hydrogens is 370 g/mol. The monoisotopic (exact) mass is 395 g/mol. The second kappa shape index (κ2) is 8.47. The van der Waals surface area contributed by atoms with Crippen molar-refractivity contribution in [2.45, 2.75) is 51.0 Å². The molecule has 1 aliphatic heterocycles. The van der Waals surface area contributed by atoms with Gasteiger partial charge < -0.3 is 9.64 Å². The molecule has 148 valence electrons. The van der Waals surface area contributed by atoms with E-state index in [4.69, 9.17) is 4.74 Å². The Bertz CT molecular complexity index is 816. The van der Waals surface area contributed by atoms with Gasteiger partial charge >= 0.3 is 16.1 Å². The average molecular weight is 395 g/mol. The van der Waals surface area contributed by atoms with Crippen LogP contribution in [0.3, 0.4) is 0 Å². The first kappa shape index (κ1) is 20.8. The van der Waals surface area contributed by atoms with Crippen molar-refractivity contribution in [1.29, 1.82) is 0 Å².